The average Bonchev–Trinajstić information content (AvgIpc) is 2.49. The molecule has 0 saturated heterocycles. The fourth-order valence-corrected chi connectivity index (χ4v) is 3.00. The summed E-state index contributed by atoms with van der Waals surface area (Å²) in [5.41, 5.74) is 1.85. The number of hydrogen-bond donors (Lipinski definition) is 1. The molecule has 0 heterocycles. The number of ether oxygens (including phenoxy) is 1. The van der Waals surface area contributed by atoms with Crippen LogP contribution in [0.1, 0.15) is 54.0 Å². The van der Waals surface area contributed by atoms with Crippen LogP contribution in [0.3, 0.4) is 0 Å². The van der Waals surface area contributed by atoms with Crippen LogP contribution in [-0.2, 0) is 0 Å². The van der Waals surface area contributed by atoms with Crippen LogP contribution in [0.15, 0.2) is 30.3 Å². The summed E-state index contributed by atoms with van der Waals surface area (Å²) in [6, 6.07) is 8.14. The number of halogens is 2. The number of aryl methyl sites for hydroxylation is 1. The van der Waals surface area contributed by atoms with Crippen LogP contribution in [-0.4, -0.2) is 17.3 Å². The molecule has 4 nitrogen and oxygen atoms in total. The normalized spacial score (nSPS) is 11.2. The van der Waals surface area contributed by atoms with Crippen LogP contribution in [0.2, 0.25) is 10.0 Å². The third-order valence-corrected chi connectivity index (χ3v) is 4.09. The van der Waals surface area contributed by atoms with Gasteiger partial charge in [-0.25, -0.2) is 0 Å². The van der Waals surface area contributed by atoms with Crippen LogP contribution in [0.5, 0.6) is 5.75 Å². The highest BCUT2D eigenvalue weighted by molar-refractivity contribution is 6.37. The molecule has 2 rings (SSSR count). The van der Waals surface area contributed by atoms with Gasteiger partial charge in [-0.05, 0) is 70.5 Å². The lowest BCUT2D eigenvalue weighted by atomic mass is 10.0. The lowest BCUT2D eigenvalue weighted by molar-refractivity contribution is 0.101. The maximum Gasteiger partial charge on any atom is 0.255 e. The number of benzene rings is 2. The van der Waals surface area contributed by atoms with Crippen LogP contribution in [0.25, 0.3) is 0 Å². The molecule has 2 aromatic carbocycles. The van der Waals surface area contributed by atoms with E-state index >= 15 is 0 Å². The summed E-state index contributed by atoms with van der Waals surface area (Å²) in [7, 11) is 0. The Morgan fingerprint density at radius 1 is 1.04 bits per heavy atom. The molecule has 26 heavy (non-hydrogen) atoms. The van der Waals surface area contributed by atoms with Crippen LogP contribution >= 0.6 is 23.2 Å². The second-order valence-electron chi connectivity index (χ2n) is 7.02. The van der Waals surface area contributed by atoms with E-state index in [-0.39, 0.29) is 21.7 Å². The molecule has 1 N–H and O–H groups in total. The van der Waals surface area contributed by atoms with Gasteiger partial charge in [0.15, 0.2) is 11.5 Å². The SMILES string of the molecule is CC(=O)c1ccc(NC(=O)c2cc(Cl)c(OC(C)(C)C)c(Cl)c2)cc1C. The Morgan fingerprint density at radius 3 is 2.08 bits per heavy atom. The van der Waals surface area contributed by atoms with Gasteiger partial charge in [0.25, 0.3) is 5.91 Å². The number of Topliss-reactive ketones (excluding diaryl/α,β-unsaturated/α-hetero) is 1. The highest BCUT2D eigenvalue weighted by Crippen LogP contribution is 2.36. The number of rotatable bonds is 4. The molecule has 0 atom stereocenters. The molecule has 1 amide bonds. The molecular weight excluding hydrogens is 373 g/mol. The average molecular weight is 394 g/mol. The largest absolute Gasteiger partial charge is 0.485 e. The van der Waals surface area contributed by atoms with Crippen molar-refractivity contribution in [3.05, 3.63) is 57.1 Å². The van der Waals surface area contributed by atoms with Gasteiger partial charge in [-0.1, -0.05) is 23.2 Å². The molecule has 0 aliphatic rings. The fraction of sp³-hybridized carbons (Fsp3) is 0.300. The summed E-state index contributed by atoms with van der Waals surface area (Å²) in [5, 5.41) is 3.31. The molecule has 0 fully saturated rings. The van der Waals surface area contributed by atoms with Crippen molar-refractivity contribution in [2.24, 2.45) is 0 Å². The number of carbonyl (C=O) groups is 2. The van der Waals surface area contributed by atoms with Crippen molar-refractivity contribution in [3.63, 3.8) is 0 Å². The Hall–Kier alpha value is -2.04. The van der Waals surface area contributed by atoms with Crippen molar-refractivity contribution >= 4 is 40.6 Å². The third kappa shape index (κ3) is 4.99. The van der Waals surface area contributed by atoms with E-state index in [1.807, 2.05) is 27.7 Å². The number of ketones is 1. The predicted octanol–water partition coefficient (Wildman–Crippen LogP) is 5.93. The zero-order valence-corrected chi connectivity index (χ0v) is 16.9. The maximum absolute atomic E-state index is 12.5. The van der Waals surface area contributed by atoms with Gasteiger partial charge in [0.05, 0.1) is 10.0 Å². The first kappa shape index (κ1) is 20.3. The predicted molar refractivity (Wildman–Crippen MR) is 106 cm³/mol. The Labute approximate surface area is 163 Å². The van der Waals surface area contributed by atoms with E-state index in [2.05, 4.69) is 5.32 Å². The lowest BCUT2D eigenvalue weighted by Gasteiger charge is -2.23. The first-order valence-electron chi connectivity index (χ1n) is 8.09. The number of anilines is 1. The summed E-state index contributed by atoms with van der Waals surface area (Å²) >= 11 is 12.5. The summed E-state index contributed by atoms with van der Waals surface area (Å²) in [6.07, 6.45) is 0. The number of hydrogen-bond acceptors (Lipinski definition) is 3. The Kier molecular flexibility index (Phi) is 5.99. The zero-order valence-electron chi connectivity index (χ0n) is 15.4. The second kappa shape index (κ2) is 7.68. The first-order valence-corrected chi connectivity index (χ1v) is 8.84. The van der Waals surface area contributed by atoms with Gasteiger partial charge in [-0.3, -0.25) is 9.59 Å². The van der Waals surface area contributed by atoms with Gasteiger partial charge in [0.2, 0.25) is 0 Å². The highest BCUT2D eigenvalue weighted by atomic mass is 35.5. The minimum atomic E-state index is -0.465. The van der Waals surface area contributed by atoms with E-state index < -0.39 is 5.60 Å². The van der Waals surface area contributed by atoms with Gasteiger partial charge < -0.3 is 10.1 Å². The molecule has 0 aliphatic heterocycles. The number of amides is 1. The summed E-state index contributed by atoms with van der Waals surface area (Å²) in [5.74, 6) is -0.0292. The van der Waals surface area contributed by atoms with Gasteiger partial charge in [-0.2, -0.15) is 0 Å². The minimum absolute atomic E-state index is 0.0200. The molecule has 0 saturated carbocycles. The van der Waals surface area contributed by atoms with Crippen LogP contribution < -0.4 is 10.1 Å². The van der Waals surface area contributed by atoms with Crippen molar-refractivity contribution in [2.75, 3.05) is 5.32 Å². The highest BCUT2D eigenvalue weighted by Gasteiger charge is 2.19. The summed E-state index contributed by atoms with van der Waals surface area (Å²) in [6.45, 7) is 8.97. The molecule has 0 aliphatic carbocycles. The minimum Gasteiger partial charge on any atom is -0.485 e. The summed E-state index contributed by atoms with van der Waals surface area (Å²) in [4.78, 5) is 24.0. The van der Waals surface area contributed by atoms with Crippen molar-refractivity contribution in [1.82, 2.24) is 0 Å². The molecule has 0 unspecified atom stereocenters. The molecule has 138 valence electrons. The Bertz CT molecular complexity index is 847. The van der Waals surface area contributed by atoms with Crippen molar-refractivity contribution in [3.8, 4) is 5.75 Å². The topological polar surface area (TPSA) is 55.4 Å². The Balaban J connectivity index is 2.25. The fourth-order valence-electron chi connectivity index (χ4n) is 2.43. The lowest BCUT2D eigenvalue weighted by Crippen LogP contribution is -2.23. The van der Waals surface area contributed by atoms with Crippen LogP contribution in [0, 0.1) is 6.92 Å². The van der Waals surface area contributed by atoms with Crippen molar-refractivity contribution < 1.29 is 14.3 Å². The van der Waals surface area contributed by atoms with E-state index in [0.29, 0.717) is 22.6 Å². The van der Waals surface area contributed by atoms with Gasteiger partial charge in [-0.15, -0.1) is 0 Å². The first-order chi connectivity index (χ1) is 12.0. The molecular formula is C20H21Cl2NO3. The van der Waals surface area contributed by atoms with Crippen molar-refractivity contribution in [1.29, 1.82) is 0 Å². The third-order valence-electron chi connectivity index (χ3n) is 3.53. The quantitative estimate of drug-likeness (QED) is 0.654. The molecule has 0 bridgehead atoms. The molecule has 0 spiro atoms. The van der Waals surface area contributed by atoms with Gasteiger partial charge in [0.1, 0.15) is 5.60 Å². The second-order valence-corrected chi connectivity index (χ2v) is 7.84. The van der Waals surface area contributed by atoms with Crippen LogP contribution in [0.4, 0.5) is 5.69 Å². The summed E-state index contributed by atoms with van der Waals surface area (Å²) < 4.78 is 5.74. The number of nitrogens with one attached hydrogen (secondary N) is 1. The van der Waals surface area contributed by atoms with Gasteiger partial charge in [0, 0.05) is 16.8 Å². The van der Waals surface area contributed by atoms with Crippen molar-refractivity contribution in [2.45, 2.75) is 40.2 Å². The standard InChI is InChI=1S/C20H21Cl2NO3/c1-11-8-14(6-7-15(11)12(2)24)23-19(25)13-9-16(21)18(17(22)10-13)26-20(3,4)5/h6-10H,1-5H3,(H,23,25). The maximum atomic E-state index is 12.5. The number of carbonyl (C=O) groups excluding carboxylic acids is 2. The van der Waals surface area contributed by atoms with E-state index in [0.717, 1.165) is 5.56 Å². The molecule has 0 aromatic heterocycles. The monoisotopic (exact) mass is 393 g/mol. The van der Waals surface area contributed by atoms with E-state index in [1.165, 1.54) is 19.1 Å². The molecule has 6 heteroatoms. The molecule has 0 radical (unpaired) electrons. The van der Waals surface area contributed by atoms with Gasteiger partial charge >= 0.3 is 0 Å². The zero-order chi connectivity index (χ0) is 19.6. The van der Waals surface area contributed by atoms with E-state index in [4.69, 9.17) is 27.9 Å². The van der Waals surface area contributed by atoms with E-state index in [9.17, 15) is 9.59 Å². The van der Waals surface area contributed by atoms with E-state index in [1.54, 1.807) is 18.2 Å². The smallest absolute Gasteiger partial charge is 0.255 e. The molecule has 2 aromatic rings. The Morgan fingerprint density at radius 2 is 1.62 bits per heavy atom.